The van der Waals surface area contributed by atoms with E-state index in [9.17, 15) is 20.0 Å². The van der Waals surface area contributed by atoms with Crippen molar-refractivity contribution >= 4 is 12.0 Å². The third-order valence-electron chi connectivity index (χ3n) is 8.92. The number of alkyl carbamates (subject to hydrolysis) is 1. The summed E-state index contributed by atoms with van der Waals surface area (Å²) in [6.45, 7) is 0.130. The summed E-state index contributed by atoms with van der Waals surface area (Å²) >= 11 is 0. The minimum atomic E-state index is -0.770. The van der Waals surface area contributed by atoms with Crippen LogP contribution in [0.5, 0.6) is 0 Å². The van der Waals surface area contributed by atoms with Crippen molar-refractivity contribution in [3.05, 3.63) is 35.9 Å². The van der Waals surface area contributed by atoms with Crippen LogP contribution in [-0.4, -0.2) is 45.7 Å². The van der Waals surface area contributed by atoms with Crippen molar-refractivity contribution in [3.8, 4) is 6.07 Å². The third kappa shape index (κ3) is 3.59. The van der Waals surface area contributed by atoms with Gasteiger partial charge in [0.2, 0.25) is 5.91 Å². The maximum atomic E-state index is 14.0. The third-order valence-corrected chi connectivity index (χ3v) is 8.92. The molecule has 6 fully saturated rings. The number of nitrogens with zero attached hydrogens (tertiary/aromatic N) is 2. The summed E-state index contributed by atoms with van der Waals surface area (Å²) < 4.78 is 5.50. The fraction of sp³-hybridized carbons (Fsp3) is 0.654. The van der Waals surface area contributed by atoms with Gasteiger partial charge in [-0.05, 0) is 74.7 Å². The largest absolute Gasteiger partial charge is 0.445 e. The summed E-state index contributed by atoms with van der Waals surface area (Å²) in [5.74, 6) is 1.01. The predicted octanol–water partition coefficient (Wildman–Crippen LogP) is 3.13. The molecule has 3 unspecified atom stereocenters. The molecule has 1 aliphatic heterocycles. The number of fused-ring (bicyclic) bond motifs is 1. The number of carbonyl (C=O) groups excluding carboxylic acids is 2. The van der Waals surface area contributed by atoms with E-state index in [1.165, 1.54) is 0 Å². The van der Waals surface area contributed by atoms with E-state index in [2.05, 4.69) is 11.4 Å². The van der Waals surface area contributed by atoms with E-state index in [-0.39, 0.29) is 18.6 Å². The number of hydrogen-bond acceptors (Lipinski definition) is 5. The molecule has 1 aromatic carbocycles. The van der Waals surface area contributed by atoms with Gasteiger partial charge in [0.1, 0.15) is 18.7 Å². The molecule has 1 heterocycles. The van der Waals surface area contributed by atoms with Crippen LogP contribution in [0.1, 0.15) is 56.9 Å². The molecule has 4 bridgehead atoms. The van der Waals surface area contributed by atoms with Gasteiger partial charge in [-0.15, -0.1) is 0 Å². The molecule has 2 amide bonds. The summed E-state index contributed by atoms with van der Waals surface area (Å²) in [5, 5.41) is 23.9. The summed E-state index contributed by atoms with van der Waals surface area (Å²) in [7, 11) is 0. The summed E-state index contributed by atoms with van der Waals surface area (Å²) in [6.07, 6.45) is 5.93. The highest BCUT2D eigenvalue weighted by Gasteiger charge is 2.64. The van der Waals surface area contributed by atoms with E-state index in [0.717, 1.165) is 50.5 Å². The second-order valence-corrected chi connectivity index (χ2v) is 11.4. The SMILES string of the molecule is N#C[C@@H]1C[C@@H]2C[C@@H]2N1C(=O)C(NC(=O)OCc1ccccc1)C12CC3CC(CC(O)(C3)C1)C2. The Morgan fingerprint density at radius 2 is 1.88 bits per heavy atom. The minimum absolute atomic E-state index is 0.115. The molecule has 7 nitrogen and oxygen atoms in total. The van der Waals surface area contributed by atoms with Gasteiger partial charge in [-0.1, -0.05) is 30.3 Å². The number of benzene rings is 1. The van der Waals surface area contributed by atoms with Crippen LogP contribution < -0.4 is 5.32 Å². The Bertz CT molecular complexity index is 991. The van der Waals surface area contributed by atoms with Crippen molar-refractivity contribution < 1.29 is 19.4 Å². The molecule has 7 rings (SSSR count). The fourth-order valence-electron chi connectivity index (χ4n) is 8.02. The van der Waals surface area contributed by atoms with Gasteiger partial charge >= 0.3 is 6.09 Å². The molecule has 7 heteroatoms. The van der Waals surface area contributed by atoms with E-state index in [1.807, 2.05) is 30.3 Å². The van der Waals surface area contributed by atoms with Crippen LogP contribution in [0.2, 0.25) is 0 Å². The van der Waals surface area contributed by atoms with Gasteiger partial charge in [-0.2, -0.15) is 5.26 Å². The van der Waals surface area contributed by atoms with Gasteiger partial charge in [0.25, 0.3) is 0 Å². The molecule has 174 valence electrons. The van der Waals surface area contributed by atoms with Crippen LogP contribution in [0.4, 0.5) is 4.79 Å². The molecule has 1 saturated heterocycles. The predicted molar refractivity (Wildman–Crippen MR) is 118 cm³/mol. The number of piperidine rings is 1. The zero-order valence-electron chi connectivity index (χ0n) is 18.8. The maximum absolute atomic E-state index is 14.0. The van der Waals surface area contributed by atoms with Crippen LogP contribution >= 0.6 is 0 Å². The second-order valence-electron chi connectivity index (χ2n) is 11.4. The number of rotatable bonds is 5. The van der Waals surface area contributed by atoms with E-state index in [1.54, 1.807) is 4.90 Å². The minimum Gasteiger partial charge on any atom is -0.445 e. The smallest absolute Gasteiger partial charge is 0.408 e. The lowest BCUT2D eigenvalue weighted by Crippen LogP contribution is -2.66. The highest BCUT2D eigenvalue weighted by molar-refractivity contribution is 5.88. The molecule has 6 aliphatic rings. The van der Waals surface area contributed by atoms with E-state index < -0.39 is 29.2 Å². The lowest BCUT2D eigenvalue weighted by molar-refractivity contribution is -0.180. The monoisotopic (exact) mass is 449 g/mol. The van der Waals surface area contributed by atoms with Crippen LogP contribution in [0, 0.1) is 34.5 Å². The molecule has 0 radical (unpaired) electrons. The molecule has 2 N–H and O–H groups in total. The standard InChI is InChI=1S/C26H31N3O4/c27-13-20-7-19-8-21(19)29(20)23(30)22(28-24(31)33-14-16-4-2-1-3-5-16)25-9-17-6-18(10-25)12-26(32,11-17)15-25/h1-5,17-22,32H,6-12,14-15H2,(H,28,31)/t17?,18?,19-,20+,21+,22?,25?,26?/m1/s1. The number of amides is 2. The number of nitriles is 1. The molecule has 0 aromatic heterocycles. The quantitative estimate of drug-likeness (QED) is 0.719. The highest BCUT2D eigenvalue weighted by Crippen LogP contribution is 2.63. The average molecular weight is 450 g/mol. The van der Waals surface area contributed by atoms with Crippen LogP contribution in [0.15, 0.2) is 30.3 Å². The first-order valence-electron chi connectivity index (χ1n) is 12.3. The van der Waals surface area contributed by atoms with Gasteiger partial charge in [0, 0.05) is 11.5 Å². The van der Waals surface area contributed by atoms with Crippen molar-refractivity contribution in [1.29, 1.82) is 5.26 Å². The number of ether oxygens (including phenoxy) is 1. The number of likely N-dealkylation sites (tertiary alicyclic amines) is 1. The molecule has 33 heavy (non-hydrogen) atoms. The van der Waals surface area contributed by atoms with Gasteiger partial charge in [-0.3, -0.25) is 4.79 Å². The van der Waals surface area contributed by atoms with Crippen molar-refractivity contribution in [1.82, 2.24) is 10.2 Å². The van der Waals surface area contributed by atoms with Gasteiger partial charge < -0.3 is 20.1 Å². The van der Waals surface area contributed by atoms with E-state index in [0.29, 0.717) is 24.2 Å². The maximum Gasteiger partial charge on any atom is 0.408 e. The molecular formula is C26H31N3O4. The summed E-state index contributed by atoms with van der Waals surface area (Å²) in [4.78, 5) is 28.7. The zero-order valence-corrected chi connectivity index (χ0v) is 18.8. The molecular weight excluding hydrogens is 418 g/mol. The molecule has 0 spiro atoms. The van der Waals surface area contributed by atoms with Gasteiger partial charge in [-0.25, -0.2) is 4.79 Å². The number of hydrogen-bond donors (Lipinski definition) is 2. The normalized spacial score (nSPS) is 40.6. The van der Waals surface area contributed by atoms with Crippen molar-refractivity contribution in [2.45, 2.75) is 81.7 Å². The number of aliphatic hydroxyl groups is 1. The van der Waals surface area contributed by atoms with Crippen LogP contribution in [0.25, 0.3) is 0 Å². The van der Waals surface area contributed by atoms with Crippen molar-refractivity contribution in [2.75, 3.05) is 0 Å². The molecule has 6 atom stereocenters. The number of nitrogens with one attached hydrogen (secondary N) is 1. The first kappa shape index (κ1) is 21.0. The fourth-order valence-corrected chi connectivity index (χ4v) is 8.02. The van der Waals surface area contributed by atoms with Gasteiger partial charge in [0.15, 0.2) is 0 Å². The lowest BCUT2D eigenvalue weighted by Gasteiger charge is -2.62. The van der Waals surface area contributed by atoms with Crippen molar-refractivity contribution in [2.24, 2.45) is 23.2 Å². The first-order chi connectivity index (χ1) is 15.9. The first-order valence-corrected chi connectivity index (χ1v) is 12.3. The van der Waals surface area contributed by atoms with E-state index in [4.69, 9.17) is 4.74 Å². The Morgan fingerprint density at radius 1 is 1.15 bits per heavy atom. The van der Waals surface area contributed by atoms with Crippen molar-refractivity contribution in [3.63, 3.8) is 0 Å². The Morgan fingerprint density at radius 3 is 2.55 bits per heavy atom. The molecule has 5 aliphatic carbocycles. The highest BCUT2D eigenvalue weighted by atomic mass is 16.5. The second kappa shape index (κ2) is 7.46. The summed E-state index contributed by atoms with van der Waals surface area (Å²) in [5.41, 5.74) is -0.348. The Labute approximate surface area is 194 Å². The topological polar surface area (TPSA) is 103 Å². The van der Waals surface area contributed by atoms with E-state index >= 15 is 0 Å². The summed E-state index contributed by atoms with van der Waals surface area (Å²) in [6, 6.07) is 10.7. The Hall–Kier alpha value is -2.59. The zero-order chi connectivity index (χ0) is 22.8. The van der Waals surface area contributed by atoms with Crippen LogP contribution in [-0.2, 0) is 16.1 Å². The average Bonchev–Trinajstić information content (AvgIpc) is 3.44. The van der Waals surface area contributed by atoms with Crippen LogP contribution in [0.3, 0.4) is 0 Å². The number of carbonyl (C=O) groups is 2. The molecule has 1 aromatic rings. The van der Waals surface area contributed by atoms with Gasteiger partial charge in [0.05, 0.1) is 11.7 Å². The Kier molecular flexibility index (Phi) is 4.74. The molecule has 5 saturated carbocycles. The lowest BCUT2D eigenvalue weighted by atomic mass is 9.46. The Balaban J connectivity index is 1.27.